The first-order chi connectivity index (χ1) is 9.33. The van der Waals surface area contributed by atoms with Gasteiger partial charge in [-0.3, -0.25) is 4.72 Å². The molecule has 0 bridgehead atoms. The standard InChI is InChI=1S/C12H8BrClN2O2S2/c1-7-4-11(19-12(7)13)20(17,18)16-10-5-9(14)3-2-8(10)6-15/h2-5,16H,1H3. The third kappa shape index (κ3) is 3.15. The van der Waals surface area contributed by atoms with E-state index in [0.29, 0.717) is 5.02 Å². The van der Waals surface area contributed by atoms with Gasteiger partial charge < -0.3 is 0 Å². The van der Waals surface area contributed by atoms with E-state index < -0.39 is 10.0 Å². The molecule has 0 spiro atoms. The topological polar surface area (TPSA) is 70.0 Å². The molecule has 2 aromatic rings. The number of halogens is 2. The lowest BCUT2D eigenvalue weighted by Crippen LogP contribution is -2.12. The van der Waals surface area contributed by atoms with E-state index in [1.54, 1.807) is 13.0 Å². The minimum Gasteiger partial charge on any atom is -0.278 e. The molecule has 0 aliphatic rings. The van der Waals surface area contributed by atoms with E-state index in [9.17, 15) is 8.42 Å². The zero-order valence-electron chi connectivity index (χ0n) is 10.1. The zero-order valence-corrected chi connectivity index (χ0v) is 14.1. The molecule has 1 N–H and O–H groups in total. The average Bonchev–Trinajstić information content (AvgIpc) is 2.70. The van der Waals surface area contributed by atoms with Gasteiger partial charge in [0.2, 0.25) is 0 Å². The van der Waals surface area contributed by atoms with Crippen molar-refractivity contribution in [3.63, 3.8) is 0 Å². The van der Waals surface area contributed by atoms with Crippen molar-refractivity contribution in [2.45, 2.75) is 11.1 Å². The van der Waals surface area contributed by atoms with Crippen molar-refractivity contribution >= 4 is 54.6 Å². The van der Waals surface area contributed by atoms with E-state index in [1.807, 2.05) is 6.07 Å². The molecular formula is C12H8BrClN2O2S2. The smallest absolute Gasteiger partial charge is 0.271 e. The van der Waals surface area contributed by atoms with Crippen molar-refractivity contribution in [2.75, 3.05) is 4.72 Å². The number of hydrogen-bond donors (Lipinski definition) is 1. The summed E-state index contributed by atoms with van der Waals surface area (Å²) in [5.74, 6) is 0. The normalized spacial score (nSPS) is 11.1. The molecule has 0 saturated carbocycles. The Labute approximate surface area is 134 Å². The Morgan fingerprint density at radius 2 is 2.10 bits per heavy atom. The van der Waals surface area contributed by atoms with Gasteiger partial charge in [-0.15, -0.1) is 11.3 Å². The second kappa shape index (κ2) is 5.74. The molecule has 0 aliphatic carbocycles. The lowest BCUT2D eigenvalue weighted by Gasteiger charge is -2.08. The van der Waals surface area contributed by atoms with Crippen molar-refractivity contribution in [2.24, 2.45) is 0 Å². The minimum absolute atomic E-state index is 0.169. The Kier molecular flexibility index (Phi) is 4.39. The fourth-order valence-electron chi connectivity index (χ4n) is 1.46. The fourth-order valence-corrected chi connectivity index (χ4v) is 4.93. The largest absolute Gasteiger partial charge is 0.278 e. The number of aryl methyl sites for hydroxylation is 1. The van der Waals surface area contributed by atoms with E-state index in [-0.39, 0.29) is 15.5 Å². The molecule has 4 nitrogen and oxygen atoms in total. The van der Waals surface area contributed by atoms with Crippen LogP contribution in [0.1, 0.15) is 11.1 Å². The van der Waals surface area contributed by atoms with Crippen LogP contribution in [0.3, 0.4) is 0 Å². The molecule has 0 fully saturated rings. The number of rotatable bonds is 3. The summed E-state index contributed by atoms with van der Waals surface area (Å²) in [5, 5.41) is 9.34. The van der Waals surface area contributed by atoms with Crippen LogP contribution in [0.2, 0.25) is 5.02 Å². The number of benzene rings is 1. The highest BCUT2D eigenvalue weighted by Crippen LogP contribution is 2.32. The highest BCUT2D eigenvalue weighted by molar-refractivity contribution is 9.11. The second-order valence-electron chi connectivity index (χ2n) is 3.93. The van der Waals surface area contributed by atoms with Gasteiger partial charge in [-0.1, -0.05) is 11.6 Å². The highest BCUT2D eigenvalue weighted by Gasteiger charge is 2.20. The SMILES string of the molecule is Cc1cc(S(=O)(=O)Nc2cc(Cl)ccc2C#N)sc1Br. The Bertz CT molecular complexity index is 790. The third-order valence-electron chi connectivity index (χ3n) is 2.45. The van der Waals surface area contributed by atoms with Crippen LogP contribution >= 0.6 is 38.9 Å². The molecule has 20 heavy (non-hydrogen) atoms. The number of hydrogen-bond acceptors (Lipinski definition) is 4. The van der Waals surface area contributed by atoms with Gasteiger partial charge in [-0.2, -0.15) is 5.26 Å². The molecule has 1 heterocycles. The van der Waals surface area contributed by atoms with E-state index in [2.05, 4.69) is 20.7 Å². The highest BCUT2D eigenvalue weighted by atomic mass is 79.9. The Balaban J connectivity index is 2.43. The van der Waals surface area contributed by atoms with Gasteiger partial charge in [-0.25, -0.2) is 8.42 Å². The van der Waals surface area contributed by atoms with Gasteiger partial charge in [-0.05, 0) is 52.7 Å². The maximum atomic E-state index is 12.3. The molecule has 0 saturated heterocycles. The third-order valence-corrected chi connectivity index (χ3v) is 6.66. The number of nitrogens with one attached hydrogen (secondary N) is 1. The van der Waals surface area contributed by atoms with Crippen LogP contribution in [0.5, 0.6) is 0 Å². The van der Waals surface area contributed by atoms with Crippen LogP contribution in [-0.4, -0.2) is 8.42 Å². The molecule has 1 aromatic carbocycles. The lowest BCUT2D eigenvalue weighted by molar-refractivity contribution is 0.603. The quantitative estimate of drug-likeness (QED) is 0.854. The molecule has 0 radical (unpaired) electrons. The van der Waals surface area contributed by atoms with Gasteiger partial charge in [0.15, 0.2) is 0 Å². The lowest BCUT2D eigenvalue weighted by atomic mass is 10.2. The predicted molar refractivity (Wildman–Crippen MR) is 83.7 cm³/mol. The summed E-state index contributed by atoms with van der Waals surface area (Å²) in [6.45, 7) is 1.81. The zero-order chi connectivity index (χ0) is 14.9. The van der Waals surface area contributed by atoms with Crippen LogP contribution in [-0.2, 0) is 10.0 Å². The van der Waals surface area contributed by atoms with Crippen molar-refractivity contribution in [1.29, 1.82) is 5.26 Å². The van der Waals surface area contributed by atoms with E-state index >= 15 is 0 Å². The Morgan fingerprint density at radius 1 is 1.40 bits per heavy atom. The van der Waals surface area contributed by atoms with Gasteiger partial charge in [0, 0.05) is 5.02 Å². The van der Waals surface area contributed by atoms with Crippen LogP contribution in [0.15, 0.2) is 32.3 Å². The molecule has 0 amide bonds. The summed E-state index contributed by atoms with van der Waals surface area (Å²) < 4.78 is 27.9. The summed E-state index contributed by atoms with van der Waals surface area (Å²) >= 11 is 10.2. The monoisotopic (exact) mass is 390 g/mol. The number of sulfonamides is 1. The van der Waals surface area contributed by atoms with Gasteiger partial charge >= 0.3 is 0 Å². The van der Waals surface area contributed by atoms with Crippen LogP contribution in [0.4, 0.5) is 5.69 Å². The van der Waals surface area contributed by atoms with Crippen molar-refractivity contribution in [3.8, 4) is 6.07 Å². The summed E-state index contributed by atoms with van der Waals surface area (Å²) in [7, 11) is -3.74. The Morgan fingerprint density at radius 3 is 2.65 bits per heavy atom. The number of anilines is 1. The van der Waals surface area contributed by atoms with Gasteiger partial charge in [0.1, 0.15) is 10.3 Å². The average molecular weight is 392 g/mol. The molecular weight excluding hydrogens is 384 g/mol. The van der Waals surface area contributed by atoms with E-state index in [0.717, 1.165) is 20.7 Å². The molecule has 1 aromatic heterocycles. The predicted octanol–water partition coefficient (Wildman–Crippen LogP) is 4.14. The fraction of sp³-hybridized carbons (Fsp3) is 0.0833. The first-order valence-corrected chi connectivity index (χ1v) is 8.79. The summed E-state index contributed by atoms with van der Waals surface area (Å²) in [4.78, 5) is 0. The Hall–Kier alpha value is -1.07. The first kappa shape index (κ1) is 15.3. The van der Waals surface area contributed by atoms with Gasteiger partial charge in [0.05, 0.1) is 15.0 Å². The van der Waals surface area contributed by atoms with E-state index in [1.165, 1.54) is 18.2 Å². The van der Waals surface area contributed by atoms with E-state index in [4.69, 9.17) is 16.9 Å². The molecule has 8 heteroatoms. The summed E-state index contributed by atoms with van der Waals surface area (Å²) in [6.07, 6.45) is 0. The molecule has 104 valence electrons. The van der Waals surface area contributed by atoms with Crippen molar-refractivity contribution < 1.29 is 8.42 Å². The molecule has 2 rings (SSSR count). The van der Waals surface area contributed by atoms with Crippen molar-refractivity contribution in [1.82, 2.24) is 0 Å². The minimum atomic E-state index is -3.74. The first-order valence-electron chi connectivity index (χ1n) is 5.32. The molecule has 0 aliphatic heterocycles. The number of nitriles is 1. The molecule has 0 atom stereocenters. The number of nitrogens with zero attached hydrogens (tertiary/aromatic N) is 1. The summed E-state index contributed by atoms with van der Waals surface area (Å²) in [5.41, 5.74) is 1.22. The van der Waals surface area contributed by atoms with Crippen LogP contribution in [0.25, 0.3) is 0 Å². The number of thiophene rings is 1. The van der Waals surface area contributed by atoms with Crippen LogP contribution in [0, 0.1) is 18.3 Å². The maximum absolute atomic E-state index is 12.3. The van der Waals surface area contributed by atoms with Crippen molar-refractivity contribution in [3.05, 3.63) is 44.2 Å². The molecule has 0 unspecified atom stereocenters. The maximum Gasteiger partial charge on any atom is 0.271 e. The summed E-state index contributed by atoms with van der Waals surface area (Å²) in [6, 6.07) is 7.89. The second-order valence-corrected chi connectivity index (χ2v) is 8.65. The van der Waals surface area contributed by atoms with Gasteiger partial charge in [0.25, 0.3) is 10.0 Å². The van der Waals surface area contributed by atoms with Crippen LogP contribution < -0.4 is 4.72 Å².